The number of amides is 1. The highest BCUT2D eigenvalue weighted by Crippen LogP contribution is 2.22. The fourth-order valence-corrected chi connectivity index (χ4v) is 3.28. The Morgan fingerprint density at radius 3 is 3.00 bits per heavy atom. The Labute approximate surface area is 125 Å². The van der Waals surface area contributed by atoms with Crippen molar-refractivity contribution < 1.29 is 9.90 Å². The van der Waals surface area contributed by atoms with Gasteiger partial charge >= 0.3 is 0 Å². The lowest BCUT2D eigenvalue weighted by Crippen LogP contribution is -2.41. The Morgan fingerprint density at radius 2 is 2.19 bits per heavy atom. The van der Waals surface area contributed by atoms with Crippen LogP contribution in [0.1, 0.15) is 18.4 Å². The lowest BCUT2D eigenvalue weighted by molar-refractivity contribution is -0.132. The number of fused-ring (bicyclic) bond motifs is 1. The van der Waals surface area contributed by atoms with Gasteiger partial charge in [-0.05, 0) is 30.4 Å². The van der Waals surface area contributed by atoms with Crippen molar-refractivity contribution in [2.45, 2.75) is 19.3 Å². The third-order valence-corrected chi connectivity index (χ3v) is 4.45. The molecular weight excluding hydrogens is 264 g/mol. The number of aliphatic hydroxyl groups excluding tert-OH is 1. The van der Waals surface area contributed by atoms with Crippen molar-refractivity contribution in [3.8, 4) is 0 Å². The van der Waals surface area contributed by atoms with E-state index >= 15 is 0 Å². The highest BCUT2D eigenvalue weighted by molar-refractivity contribution is 5.89. The fraction of sp³-hybridized carbons (Fsp3) is 0.471. The van der Waals surface area contributed by atoms with Crippen molar-refractivity contribution in [1.29, 1.82) is 0 Å². The molecule has 2 heterocycles. The molecule has 0 saturated carbocycles. The van der Waals surface area contributed by atoms with Crippen molar-refractivity contribution in [1.82, 2.24) is 9.47 Å². The van der Waals surface area contributed by atoms with Gasteiger partial charge in [0.2, 0.25) is 5.91 Å². The van der Waals surface area contributed by atoms with Crippen LogP contribution in [0.25, 0.3) is 10.9 Å². The lowest BCUT2D eigenvalue weighted by atomic mass is 9.98. The molecule has 1 amide bonds. The Hall–Kier alpha value is -1.81. The first-order valence-corrected chi connectivity index (χ1v) is 7.60. The molecule has 1 saturated heterocycles. The highest BCUT2D eigenvalue weighted by Gasteiger charge is 2.23. The molecule has 112 valence electrons. The standard InChI is InChI=1S/C17H22N2O2/c1-18-11-14(15-6-2-3-7-16(15)18)9-17(21)19-8-4-5-13(10-19)12-20/h2-3,6-7,11,13,20H,4-5,8-10,12H2,1H3. The van der Waals surface area contributed by atoms with E-state index in [0.29, 0.717) is 13.0 Å². The Bertz CT molecular complexity index is 647. The molecule has 3 rings (SSSR count). The minimum absolute atomic E-state index is 0.171. The number of rotatable bonds is 3. The van der Waals surface area contributed by atoms with Gasteiger partial charge in [-0.25, -0.2) is 0 Å². The highest BCUT2D eigenvalue weighted by atomic mass is 16.3. The second kappa shape index (κ2) is 5.90. The molecule has 1 aromatic carbocycles. The van der Waals surface area contributed by atoms with Crippen molar-refractivity contribution in [3.05, 3.63) is 36.0 Å². The second-order valence-corrected chi connectivity index (χ2v) is 5.99. The quantitative estimate of drug-likeness (QED) is 0.937. The molecule has 0 radical (unpaired) electrons. The zero-order valence-electron chi connectivity index (χ0n) is 12.5. The van der Waals surface area contributed by atoms with Crippen LogP contribution < -0.4 is 0 Å². The van der Waals surface area contributed by atoms with Crippen LogP contribution in [-0.4, -0.2) is 40.2 Å². The topological polar surface area (TPSA) is 45.5 Å². The maximum absolute atomic E-state index is 12.5. The van der Waals surface area contributed by atoms with Crippen LogP contribution in [0.4, 0.5) is 0 Å². The molecule has 1 aliphatic heterocycles. The van der Waals surface area contributed by atoms with Crippen molar-refractivity contribution in [2.75, 3.05) is 19.7 Å². The van der Waals surface area contributed by atoms with Crippen LogP contribution in [0.5, 0.6) is 0 Å². The molecule has 0 bridgehead atoms. The fourth-order valence-electron chi connectivity index (χ4n) is 3.28. The zero-order valence-corrected chi connectivity index (χ0v) is 12.5. The van der Waals surface area contributed by atoms with Gasteiger partial charge in [-0.2, -0.15) is 0 Å². The lowest BCUT2D eigenvalue weighted by Gasteiger charge is -2.31. The monoisotopic (exact) mass is 286 g/mol. The Kier molecular flexibility index (Phi) is 3.97. The number of hydrogen-bond donors (Lipinski definition) is 1. The number of likely N-dealkylation sites (tertiary alicyclic amines) is 1. The Morgan fingerprint density at radius 1 is 1.38 bits per heavy atom. The van der Waals surface area contributed by atoms with Crippen LogP contribution in [0.3, 0.4) is 0 Å². The summed E-state index contributed by atoms with van der Waals surface area (Å²) < 4.78 is 2.07. The number of hydrogen-bond acceptors (Lipinski definition) is 2. The van der Waals surface area contributed by atoms with Gasteiger partial charge in [-0.1, -0.05) is 18.2 Å². The molecule has 4 heteroatoms. The van der Waals surface area contributed by atoms with E-state index in [0.717, 1.165) is 35.9 Å². The first-order valence-electron chi connectivity index (χ1n) is 7.60. The minimum Gasteiger partial charge on any atom is -0.396 e. The van der Waals surface area contributed by atoms with E-state index in [4.69, 9.17) is 0 Å². The van der Waals surface area contributed by atoms with E-state index in [9.17, 15) is 9.90 Å². The summed E-state index contributed by atoms with van der Waals surface area (Å²) in [6.45, 7) is 1.69. The van der Waals surface area contributed by atoms with E-state index in [2.05, 4.69) is 22.9 Å². The predicted octanol–water partition coefficient (Wildman–Crippen LogP) is 1.95. The summed E-state index contributed by atoms with van der Waals surface area (Å²) >= 11 is 0. The van der Waals surface area contributed by atoms with E-state index in [-0.39, 0.29) is 18.4 Å². The van der Waals surface area contributed by atoms with Gasteiger partial charge in [0.15, 0.2) is 0 Å². The van der Waals surface area contributed by atoms with Crippen LogP contribution >= 0.6 is 0 Å². The summed E-state index contributed by atoms with van der Waals surface area (Å²) in [4.78, 5) is 14.4. The first kappa shape index (κ1) is 14.1. The predicted molar refractivity (Wildman–Crippen MR) is 83.0 cm³/mol. The summed E-state index contributed by atoms with van der Waals surface area (Å²) in [6.07, 6.45) is 4.51. The van der Waals surface area contributed by atoms with E-state index in [1.165, 1.54) is 0 Å². The van der Waals surface area contributed by atoms with Gasteiger partial charge in [0.1, 0.15) is 0 Å². The summed E-state index contributed by atoms with van der Waals surface area (Å²) in [5, 5.41) is 10.4. The molecule has 1 unspecified atom stereocenters. The maximum Gasteiger partial charge on any atom is 0.227 e. The number of benzene rings is 1. The van der Waals surface area contributed by atoms with Gasteiger partial charge in [0.05, 0.1) is 6.42 Å². The molecule has 4 nitrogen and oxygen atoms in total. The molecule has 0 spiro atoms. The number of para-hydroxylation sites is 1. The minimum atomic E-state index is 0.171. The summed E-state index contributed by atoms with van der Waals surface area (Å²) in [7, 11) is 2.01. The van der Waals surface area contributed by atoms with Gasteiger partial charge in [-0.3, -0.25) is 4.79 Å². The molecule has 1 atom stereocenters. The number of carbonyl (C=O) groups is 1. The summed E-state index contributed by atoms with van der Waals surface area (Å²) in [6, 6.07) is 8.18. The normalized spacial score (nSPS) is 19.1. The van der Waals surface area contributed by atoms with E-state index < -0.39 is 0 Å². The van der Waals surface area contributed by atoms with E-state index in [1.807, 2.05) is 24.1 Å². The molecule has 1 N–H and O–H groups in total. The maximum atomic E-state index is 12.5. The molecule has 2 aromatic rings. The molecule has 1 aliphatic rings. The van der Waals surface area contributed by atoms with Crippen LogP contribution in [0.15, 0.2) is 30.5 Å². The smallest absolute Gasteiger partial charge is 0.227 e. The molecule has 0 aliphatic carbocycles. The third kappa shape index (κ3) is 2.81. The molecular formula is C17H22N2O2. The number of aryl methyl sites for hydroxylation is 1. The SMILES string of the molecule is Cn1cc(CC(=O)N2CCCC(CO)C2)c2ccccc21. The third-order valence-electron chi connectivity index (χ3n) is 4.45. The van der Waals surface area contributed by atoms with Gasteiger partial charge in [0, 0.05) is 43.8 Å². The van der Waals surface area contributed by atoms with Crippen LogP contribution in [-0.2, 0) is 18.3 Å². The van der Waals surface area contributed by atoms with Gasteiger partial charge in [-0.15, -0.1) is 0 Å². The summed E-state index contributed by atoms with van der Waals surface area (Å²) in [5.74, 6) is 0.416. The molecule has 1 fully saturated rings. The number of aliphatic hydroxyl groups is 1. The van der Waals surface area contributed by atoms with Crippen molar-refractivity contribution in [3.63, 3.8) is 0 Å². The Balaban J connectivity index is 1.77. The second-order valence-electron chi connectivity index (χ2n) is 5.99. The zero-order chi connectivity index (χ0) is 14.8. The van der Waals surface area contributed by atoms with Gasteiger partial charge < -0.3 is 14.6 Å². The largest absolute Gasteiger partial charge is 0.396 e. The number of nitrogens with zero attached hydrogens (tertiary/aromatic N) is 2. The molecule has 21 heavy (non-hydrogen) atoms. The molecule has 1 aromatic heterocycles. The number of carbonyl (C=O) groups excluding carboxylic acids is 1. The number of piperidine rings is 1. The van der Waals surface area contributed by atoms with Crippen molar-refractivity contribution in [2.24, 2.45) is 13.0 Å². The van der Waals surface area contributed by atoms with Gasteiger partial charge in [0.25, 0.3) is 0 Å². The van der Waals surface area contributed by atoms with Crippen LogP contribution in [0.2, 0.25) is 0 Å². The van der Waals surface area contributed by atoms with Crippen LogP contribution in [0, 0.1) is 5.92 Å². The summed E-state index contributed by atoms with van der Waals surface area (Å²) in [5.41, 5.74) is 2.25. The van der Waals surface area contributed by atoms with E-state index in [1.54, 1.807) is 0 Å². The van der Waals surface area contributed by atoms with Crippen molar-refractivity contribution >= 4 is 16.8 Å². The number of aromatic nitrogens is 1. The average molecular weight is 286 g/mol. The first-order chi connectivity index (χ1) is 10.2. The average Bonchev–Trinajstić information content (AvgIpc) is 2.84.